The summed E-state index contributed by atoms with van der Waals surface area (Å²) in [6.45, 7) is 1.74. The first-order valence-electron chi connectivity index (χ1n) is 9.44. The standard InChI is InChI=1S/C25H20ClNO4/c1-17-3-10-22(11-4-17)30-16-25(28)31-23-12-5-18(14-24(23)29-2)13-20(15-27)19-6-8-21(26)9-7-19/h3-14H,16H2,1-2H3/b20-13+. The van der Waals surface area contributed by atoms with Gasteiger partial charge in [-0.25, -0.2) is 4.79 Å². The number of nitriles is 1. The zero-order valence-corrected chi connectivity index (χ0v) is 17.8. The molecule has 3 rings (SSSR count). The molecule has 156 valence electrons. The number of rotatable bonds is 7. The minimum atomic E-state index is -0.555. The van der Waals surface area contributed by atoms with Crippen molar-refractivity contribution in [3.05, 3.63) is 88.4 Å². The molecule has 0 heterocycles. The Bertz CT molecular complexity index is 1130. The summed E-state index contributed by atoms with van der Waals surface area (Å²) in [5.74, 6) is 0.662. The molecule has 5 nitrogen and oxygen atoms in total. The van der Waals surface area contributed by atoms with Crippen molar-refractivity contribution in [2.45, 2.75) is 6.92 Å². The quantitative estimate of drug-likeness (QED) is 0.207. The highest BCUT2D eigenvalue weighted by molar-refractivity contribution is 6.30. The fourth-order valence-electron chi connectivity index (χ4n) is 2.76. The van der Waals surface area contributed by atoms with E-state index in [0.717, 1.165) is 16.7 Å². The molecule has 3 aromatic rings. The first-order chi connectivity index (χ1) is 15.0. The Kier molecular flexibility index (Phi) is 7.31. The summed E-state index contributed by atoms with van der Waals surface area (Å²) in [5.41, 5.74) is 3.04. The molecule has 0 aromatic heterocycles. The van der Waals surface area contributed by atoms with Gasteiger partial charge in [-0.2, -0.15) is 5.26 Å². The van der Waals surface area contributed by atoms with E-state index in [1.165, 1.54) is 7.11 Å². The first kappa shape index (κ1) is 21.9. The normalized spacial score (nSPS) is 10.8. The van der Waals surface area contributed by atoms with Gasteiger partial charge >= 0.3 is 5.97 Å². The zero-order chi connectivity index (χ0) is 22.2. The third kappa shape index (κ3) is 6.11. The monoisotopic (exact) mass is 433 g/mol. The molecule has 6 heteroatoms. The van der Waals surface area contributed by atoms with E-state index in [0.29, 0.717) is 22.1 Å². The van der Waals surface area contributed by atoms with Crippen LogP contribution in [-0.4, -0.2) is 19.7 Å². The zero-order valence-electron chi connectivity index (χ0n) is 17.1. The van der Waals surface area contributed by atoms with Gasteiger partial charge in [-0.1, -0.05) is 47.5 Å². The van der Waals surface area contributed by atoms with Crippen molar-refractivity contribution in [2.75, 3.05) is 13.7 Å². The Morgan fingerprint density at radius 1 is 1.03 bits per heavy atom. The average molecular weight is 434 g/mol. The molecule has 0 aliphatic heterocycles. The van der Waals surface area contributed by atoms with E-state index in [1.807, 2.05) is 19.1 Å². The highest BCUT2D eigenvalue weighted by atomic mass is 35.5. The minimum Gasteiger partial charge on any atom is -0.493 e. The largest absolute Gasteiger partial charge is 0.493 e. The number of aryl methyl sites for hydroxylation is 1. The van der Waals surface area contributed by atoms with Crippen LogP contribution in [0.2, 0.25) is 5.02 Å². The molecular formula is C25H20ClNO4. The van der Waals surface area contributed by atoms with Crippen molar-refractivity contribution in [3.8, 4) is 23.3 Å². The van der Waals surface area contributed by atoms with Crippen LogP contribution < -0.4 is 14.2 Å². The van der Waals surface area contributed by atoms with Gasteiger partial charge in [0.2, 0.25) is 0 Å². The molecule has 0 aliphatic carbocycles. The smallest absolute Gasteiger partial charge is 0.349 e. The van der Waals surface area contributed by atoms with Gasteiger partial charge in [0.1, 0.15) is 5.75 Å². The number of nitrogens with zero attached hydrogens (tertiary/aromatic N) is 1. The summed E-state index contributed by atoms with van der Waals surface area (Å²) >= 11 is 5.91. The lowest BCUT2D eigenvalue weighted by atomic mass is 10.0. The Hall–Kier alpha value is -3.75. The van der Waals surface area contributed by atoms with Gasteiger partial charge in [-0.3, -0.25) is 0 Å². The summed E-state index contributed by atoms with van der Waals surface area (Å²) in [5, 5.41) is 10.1. The third-order valence-electron chi connectivity index (χ3n) is 4.38. The van der Waals surface area contributed by atoms with E-state index >= 15 is 0 Å². The van der Waals surface area contributed by atoms with Crippen LogP contribution in [0.1, 0.15) is 16.7 Å². The molecule has 0 amide bonds. The van der Waals surface area contributed by atoms with Crippen LogP contribution in [0.15, 0.2) is 66.7 Å². The number of methoxy groups -OCH3 is 1. The van der Waals surface area contributed by atoms with Crippen molar-refractivity contribution in [3.63, 3.8) is 0 Å². The summed E-state index contributed by atoms with van der Waals surface area (Å²) in [7, 11) is 1.48. The van der Waals surface area contributed by atoms with Crippen molar-refractivity contribution in [1.82, 2.24) is 0 Å². The summed E-state index contributed by atoms with van der Waals surface area (Å²) < 4.78 is 16.2. The van der Waals surface area contributed by atoms with Crippen LogP contribution in [0.25, 0.3) is 11.6 Å². The van der Waals surface area contributed by atoms with Crippen LogP contribution in [0.4, 0.5) is 0 Å². The second-order valence-electron chi connectivity index (χ2n) is 6.66. The van der Waals surface area contributed by atoms with Gasteiger partial charge < -0.3 is 14.2 Å². The molecule has 0 fully saturated rings. The fourth-order valence-corrected chi connectivity index (χ4v) is 2.89. The minimum absolute atomic E-state index is 0.233. The van der Waals surface area contributed by atoms with E-state index in [2.05, 4.69) is 6.07 Å². The predicted molar refractivity (Wildman–Crippen MR) is 120 cm³/mol. The van der Waals surface area contributed by atoms with Gasteiger partial charge in [0.05, 0.1) is 18.8 Å². The van der Waals surface area contributed by atoms with Crippen LogP contribution in [0, 0.1) is 18.3 Å². The van der Waals surface area contributed by atoms with Gasteiger partial charge in [-0.15, -0.1) is 0 Å². The maximum atomic E-state index is 12.2. The lowest BCUT2D eigenvalue weighted by Gasteiger charge is -2.11. The summed E-state index contributed by atoms with van der Waals surface area (Å²) in [6, 6.07) is 21.6. The number of hydrogen-bond donors (Lipinski definition) is 0. The van der Waals surface area contributed by atoms with E-state index < -0.39 is 5.97 Å². The molecule has 3 aromatic carbocycles. The SMILES string of the molecule is COc1cc(/C=C(\C#N)c2ccc(Cl)cc2)ccc1OC(=O)COc1ccc(C)cc1. The molecule has 0 saturated carbocycles. The van der Waals surface area contributed by atoms with Crippen LogP contribution in [0.3, 0.4) is 0 Å². The molecule has 0 saturated heterocycles. The fraction of sp³-hybridized carbons (Fsp3) is 0.120. The molecule has 0 bridgehead atoms. The Morgan fingerprint density at radius 2 is 1.74 bits per heavy atom. The van der Waals surface area contributed by atoms with E-state index in [4.69, 9.17) is 25.8 Å². The van der Waals surface area contributed by atoms with E-state index in [1.54, 1.807) is 60.7 Å². The number of ether oxygens (including phenoxy) is 3. The average Bonchev–Trinajstić information content (AvgIpc) is 2.78. The van der Waals surface area contributed by atoms with Gasteiger partial charge in [-0.05, 0) is 60.5 Å². The second kappa shape index (κ2) is 10.3. The van der Waals surface area contributed by atoms with Crippen molar-refractivity contribution in [1.29, 1.82) is 5.26 Å². The maximum Gasteiger partial charge on any atom is 0.349 e. The second-order valence-corrected chi connectivity index (χ2v) is 7.10. The molecule has 0 spiro atoms. The van der Waals surface area contributed by atoms with E-state index in [9.17, 15) is 10.1 Å². The molecule has 0 aliphatic rings. The highest BCUT2D eigenvalue weighted by Gasteiger charge is 2.12. The number of carbonyl (C=O) groups excluding carboxylic acids is 1. The highest BCUT2D eigenvalue weighted by Crippen LogP contribution is 2.30. The molecule has 0 atom stereocenters. The van der Waals surface area contributed by atoms with Crippen molar-refractivity contribution in [2.24, 2.45) is 0 Å². The molecule has 0 radical (unpaired) electrons. The molecular weight excluding hydrogens is 414 g/mol. The molecule has 0 N–H and O–H groups in total. The van der Waals surface area contributed by atoms with Crippen LogP contribution in [-0.2, 0) is 4.79 Å². The number of benzene rings is 3. The third-order valence-corrected chi connectivity index (χ3v) is 4.63. The Balaban J connectivity index is 1.71. The number of hydrogen-bond acceptors (Lipinski definition) is 5. The number of allylic oxidation sites excluding steroid dienone is 1. The Labute approximate surface area is 186 Å². The number of esters is 1. The van der Waals surface area contributed by atoms with Gasteiger partial charge in [0, 0.05) is 5.02 Å². The Morgan fingerprint density at radius 3 is 2.39 bits per heavy atom. The van der Waals surface area contributed by atoms with Crippen molar-refractivity contribution >= 4 is 29.2 Å². The van der Waals surface area contributed by atoms with Gasteiger partial charge in [0.25, 0.3) is 0 Å². The van der Waals surface area contributed by atoms with Crippen LogP contribution >= 0.6 is 11.6 Å². The lowest BCUT2D eigenvalue weighted by molar-refractivity contribution is -0.136. The van der Waals surface area contributed by atoms with E-state index in [-0.39, 0.29) is 12.4 Å². The first-order valence-corrected chi connectivity index (χ1v) is 9.82. The predicted octanol–water partition coefficient (Wildman–Crippen LogP) is 5.71. The lowest BCUT2D eigenvalue weighted by Crippen LogP contribution is -2.18. The molecule has 0 unspecified atom stereocenters. The summed E-state index contributed by atoms with van der Waals surface area (Å²) in [4.78, 5) is 12.2. The van der Waals surface area contributed by atoms with Crippen LogP contribution in [0.5, 0.6) is 17.2 Å². The van der Waals surface area contributed by atoms with Gasteiger partial charge in [0.15, 0.2) is 18.1 Å². The maximum absolute atomic E-state index is 12.2. The topological polar surface area (TPSA) is 68.5 Å². The number of halogens is 1. The summed E-state index contributed by atoms with van der Waals surface area (Å²) in [6.07, 6.45) is 1.72. The molecule has 31 heavy (non-hydrogen) atoms. The number of carbonyl (C=O) groups is 1. The van der Waals surface area contributed by atoms with Crippen molar-refractivity contribution < 1.29 is 19.0 Å².